The summed E-state index contributed by atoms with van der Waals surface area (Å²) < 4.78 is 1.91. The molecule has 0 radical (unpaired) electrons. The standard InChI is InChI=1S/C22H27N5O/c1-14-12-21(22-15(2)24-25(5)16(22)3)23-20-7-6-18(13-19(14)20)27-10-8-26(9-11-27)17(4)28/h6-7,12-13H,8-11H2,1-5H3. The van der Waals surface area contributed by atoms with E-state index in [-0.39, 0.29) is 5.91 Å². The number of anilines is 1. The van der Waals surface area contributed by atoms with Crippen LogP contribution in [0.25, 0.3) is 22.2 Å². The average Bonchev–Trinajstić information content (AvgIpc) is 2.93. The zero-order valence-electron chi connectivity index (χ0n) is 17.3. The lowest BCUT2D eigenvalue weighted by Gasteiger charge is -2.35. The van der Waals surface area contributed by atoms with Crippen molar-refractivity contribution in [1.29, 1.82) is 0 Å². The van der Waals surface area contributed by atoms with Gasteiger partial charge in [0, 0.05) is 62.5 Å². The third-order valence-corrected chi connectivity index (χ3v) is 5.85. The fraction of sp³-hybridized carbons (Fsp3) is 0.409. The molecule has 4 rings (SSSR count). The lowest BCUT2D eigenvalue weighted by Crippen LogP contribution is -2.48. The minimum atomic E-state index is 0.159. The first-order valence-corrected chi connectivity index (χ1v) is 9.77. The highest BCUT2D eigenvalue weighted by atomic mass is 16.2. The number of pyridine rings is 1. The minimum absolute atomic E-state index is 0.159. The topological polar surface area (TPSA) is 54.3 Å². The van der Waals surface area contributed by atoms with Gasteiger partial charge in [0.1, 0.15) is 0 Å². The van der Waals surface area contributed by atoms with Gasteiger partial charge in [-0.25, -0.2) is 4.98 Å². The van der Waals surface area contributed by atoms with E-state index >= 15 is 0 Å². The van der Waals surface area contributed by atoms with Crippen molar-refractivity contribution in [3.63, 3.8) is 0 Å². The summed E-state index contributed by atoms with van der Waals surface area (Å²) in [5.41, 5.74) is 7.65. The summed E-state index contributed by atoms with van der Waals surface area (Å²) in [6, 6.07) is 8.65. The molecule has 3 aromatic rings. The molecule has 1 saturated heterocycles. The van der Waals surface area contributed by atoms with E-state index in [1.54, 1.807) is 6.92 Å². The van der Waals surface area contributed by atoms with Gasteiger partial charge in [0.25, 0.3) is 0 Å². The van der Waals surface area contributed by atoms with E-state index in [0.29, 0.717) is 0 Å². The summed E-state index contributed by atoms with van der Waals surface area (Å²) in [4.78, 5) is 20.8. The number of aryl methyl sites for hydroxylation is 3. The Kier molecular flexibility index (Phi) is 4.57. The van der Waals surface area contributed by atoms with Crippen LogP contribution in [0.1, 0.15) is 23.9 Å². The van der Waals surface area contributed by atoms with Crippen LogP contribution in [0.3, 0.4) is 0 Å². The molecule has 0 spiro atoms. The van der Waals surface area contributed by atoms with Crippen LogP contribution in [0.4, 0.5) is 5.69 Å². The normalized spacial score (nSPS) is 14.8. The second kappa shape index (κ2) is 6.93. The van der Waals surface area contributed by atoms with Crippen LogP contribution >= 0.6 is 0 Å². The summed E-state index contributed by atoms with van der Waals surface area (Å²) in [5, 5.41) is 5.71. The highest BCUT2D eigenvalue weighted by Crippen LogP contribution is 2.31. The molecule has 1 fully saturated rings. The van der Waals surface area contributed by atoms with Crippen molar-refractivity contribution >= 4 is 22.5 Å². The van der Waals surface area contributed by atoms with Gasteiger partial charge in [-0.2, -0.15) is 5.10 Å². The Morgan fingerprint density at radius 2 is 1.75 bits per heavy atom. The predicted octanol–water partition coefficient (Wildman–Crippen LogP) is 3.23. The minimum Gasteiger partial charge on any atom is -0.368 e. The average molecular weight is 377 g/mol. The van der Waals surface area contributed by atoms with Gasteiger partial charge >= 0.3 is 0 Å². The molecular formula is C22H27N5O. The molecule has 0 bridgehead atoms. The Morgan fingerprint density at radius 3 is 2.36 bits per heavy atom. The number of hydrogen-bond acceptors (Lipinski definition) is 4. The largest absolute Gasteiger partial charge is 0.368 e. The van der Waals surface area contributed by atoms with Gasteiger partial charge in [-0.05, 0) is 50.6 Å². The lowest BCUT2D eigenvalue weighted by atomic mass is 10.0. The predicted molar refractivity (Wildman–Crippen MR) is 113 cm³/mol. The highest BCUT2D eigenvalue weighted by Gasteiger charge is 2.20. The summed E-state index contributed by atoms with van der Waals surface area (Å²) in [7, 11) is 1.97. The third-order valence-electron chi connectivity index (χ3n) is 5.85. The first-order valence-electron chi connectivity index (χ1n) is 9.77. The molecule has 3 heterocycles. The molecule has 6 heteroatoms. The maximum absolute atomic E-state index is 11.6. The van der Waals surface area contributed by atoms with E-state index in [2.05, 4.69) is 48.1 Å². The van der Waals surface area contributed by atoms with Crippen LogP contribution in [0.5, 0.6) is 0 Å². The molecule has 0 aliphatic carbocycles. The fourth-order valence-corrected chi connectivity index (χ4v) is 4.13. The molecule has 1 aliphatic heterocycles. The Balaban J connectivity index is 1.68. The fourth-order valence-electron chi connectivity index (χ4n) is 4.13. The number of rotatable bonds is 2. The molecule has 0 N–H and O–H groups in total. The van der Waals surface area contributed by atoms with Crippen molar-refractivity contribution in [3.8, 4) is 11.3 Å². The Morgan fingerprint density at radius 1 is 1.04 bits per heavy atom. The Bertz CT molecular complexity index is 1060. The number of hydrogen-bond donors (Lipinski definition) is 0. The van der Waals surface area contributed by atoms with Gasteiger partial charge < -0.3 is 9.80 Å². The van der Waals surface area contributed by atoms with Crippen LogP contribution in [-0.4, -0.2) is 51.8 Å². The number of nitrogens with zero attached hydrogens (tertiary/aromatic N) is 5. The number of carbonyl (C=O) groups excluding carboxylic acids is 1. The molecule has 0 unspecified atom stereocenters. The lowest BCUT2D eigenvalue weighted by molar-refractivity contribution is -0.129. The molecular weight excluding hydrogens is 350 g/mol. The molecule has 1 aliphatic rings. The Hall–Kier alpha value is -2.89. The van der Waals surface area contributed by atoms with Crippen molar-refractivity contribution in [3.05, 3.63) is 41.2 Å². The number of piperazine rings is 1. The SMILES string of the molecule is CC(=O)N1CCN(c2ccc3nc(-c4c(C)nn(C)c4C)cc(C)c3c2)CC1. The van der Waals surface area contributed by atoms with Crippen LogP contribution < -0.4 is 4.90 Å². The molecule has 1 amide bonds. The zero-order chi connectivity index (χ0) is 20.0. The number of amides is 1. The number of carbonyl (C=O) groups is 1. The number of fused-ring (bicyclic) bond motifs is 1. The first-order chi connectivity index (χ1) is 13.3. The van der Waals surface area contributed by atoms with Crippen LogP contribution in [0, 0.1) is 20.8 Å². The van der Waals surface area contributed by atoms with Crippen molar-refractivity contribution in [2.45, 2.75) is 27.7 Å². The molecule has 2 aromatic heterocycles. The monoisotopic (exact) mass is 377 g/mol. The van der Waals surface area contributed by atoms with Gasteiger partial charge in [-0.3, -0.25) is 9.48 Å². The smallest absolute Gasteiger partial charge is 0.219 e. The van der Waals surface area contributed by atoms with E-state index in [1.807, 2.05) is 23.6 Å². The van der Waals surface area contributed by atoms with Crippen LogP contribution in [0.15, 0.2) is 24.3 Å². The maximum Gasteiger partial charge on any atom is 0.219 e. The van der Waals surface area contributed by atoms with E-state index in [9.17, 15) is 4.79 Å². The van der Waals surface area contributed by atoms with Crippen LogP contribution in [-0.2, 0) is 11.8 Å². The third kappa shape index (κ3) is 3.13. The van der Waals surface area contributed by atoms with Gasteiger partial charge in [-0.1, -0.05) is 0 Å². The molecule has 0 saturated carbocycles. The van der Waals surface area contributed by atoms with Crippen molar-refractivity contribution in [1.82, 2.24) is 19.7 Å². The summed E-state index contributed by atoms with van der Waals surface area (Å²) in [6.45, 7) is 11.2. The molecule has 0 atom stereocenters. The first kappa shape index (κ1) is 18.5. The van der Waals surface area contributed by atoms with Crippen LogP contribution in [0.2, 0.25) is 0 Å². The maximum atomic E-state index is 11.6. The number of aromatic nitrogens is 3. The van der Waals surface area contributed by atoms with Crippen molar-refractivity contribution in [2.75, 3.05) is 31.1 Å². The van der Waals surface area contributed by atoms with Gasteiger partial charge in [0.2, 0.25) is 5.91 Å². The van der Waals surface area contributed by atoms with Gasteiger partial charge in [-0.15, -0.1) is 0 Å². The van der Waals surface area contributed by atoms with E-state index in [1.165, 1.54) is 16.6 Å². The molecule has 1 aromatic carbocycles. The van der Waals surface area contributed by atoms with Crippen molar-refractivity contribution in [2.24, 2.45) is 7.05 Å². The van der Waals surface area contributed by atoms with Crippen molar-refractivity contribution < 1.29 is 4.79 Å². The van der Waals surface area contributed by atoms with Gasteiger partial charge in [0.05, 0.1) is 16.9 Å². The summed E-state index contributed by atoms with van der Waals surface area (Å²) >= 11 is 0. The number of benzene rings is 1. The van der Waals surface area contributed by atoms with Gasteiger partial charge in [0.15, 0.2) is 0 Å². The Labute approximate surface area is 165 Å². The second-order valence-corrected chi connectivity index (χ2v) is 7.69. The molecule has 6 nitrogen and oxygen atoms in total. The summed E-state index contributed by atoms with van der Waals surface area (Å²) in [5.74, 6) is 0.159. The zero-order valence-corrected chi connectivity index (χ0v) is 17.3. The second-order valence-electron chi connectivity index (χ2n) is 7.69. The summed E-state index contributed by atoms with van der Waals surface area (Å²) in [6.07, 6.45) is 0. The molecule has 146 valence electrons. The van der Waals surface area contributed by atoms with E-state index in [0.717, 1.165) is 54.3 Å². The molecule has 28 heavy (non-hydrogen) atoms. The van der Waals surface area contributed by atoms with E-state index < -0.39 is 0 Å². The quantitative estimate of drug-likeness (QED) is 0.688. The van der Waals surface area contributed by atoms with E-state index in [4.69, 9.17) is 4.98 Å². The highest BCUT2D eigenvalue weighted by molar-refractivity contribution is 5.88.